The van der Waals surface area contributed by atoms with E-state index in [0.717, 1.165) is 69.2 Å². The molecule has 0 amide bonds. The number of carboxylic acids is 1. The summed E-state index contributed by atoms with van der Waals surface area (Å²) in [6, 6.07) is 5.78. The van der Waals surface area contributed by atoms with Gasteiger partial charge in [0.15, 0.2) is 11.5 Å². The van der Waals surface area contributed by atoms with Gasteiger partial charge in [0.25, 0.3) is 0 Å². The molecule has 1 aromatic carbocycles. The fourth-order valence-corrected chi connectivity index (χ4v) is 3.93. The molecule has 11 heteroatoms. The van der Waals surface area contributed by atoms with Crippen LogP contribution in [0.4, 0.5) is 5.95 Å². The highest BCUT2D eigenvalue weighted by Gasteiger charge is 2.22. The Bertz CT molecular complexity index is 884. The van der Waals surface area contributed by atoms with Crippen molar-refractivity contribution in [3.63, 3.8) is 0 Å². The van der Waals surface area contributed by atoms with E-state index in [0.29, 0.717) is 24.5 Å². The molecular weight excluding hydrogens is 495 g/mol. The van der Waals surface area contributed by atoms with Crippen molar-refractivity contribution in [2.75, 3.05) is 51.9 Å². The van der Waals surface area contributed by atoms with Gasteiger partial charge in [0, 0.05) is 57.1 Å². The number of aliphatic carboxylic acids is 1. The third kappa shape index (κ3) is 9.23. The highest BCUT2D eigenvalue weighted by molar-refractivity contribution is 5.85. The van der Waals surface area contributed by atoms with E-state index in [-0.39, 0.29) is 31.2 Å². The summed E-state index contributed by atoms with van der Waals surface area (Å²) in [4.78, 5) is 23.9. The van der Waals surface area contributed by atoms with Crippen LogP contribution in [0.15, 0.2) is 30.6 Å². The minimum atomic E-state index is -0.742. The SMILES string of the molecule is COc1ccc(CN2CCN(c3ncccn3)CC2)c(OCCCCCCC(=O)O)c1OC.Cl.Cl. The molecule has 1 aromatic heterocycles. The molecule has 1 N–H and O–H groups in total. The van der Waals surface area contributed by atoms with Crippen molar-refractivity contribution in [3.8, 4) is 17.2 Å². The van der Waals surface area contributed by atoms with Crippen LogP contribution in [-0.4, -0.2) is 72.9 Å². The number of methoxy groups -OCH3 is 2. The Morgan fingerprint density at radius 3 is 2.26 bits per heavy atom. The Labute approximate surface area is 219 Å². The van der Waals surface area contributed by atoms with Gasteiger partial charge in [-0.05, 0) is 25.0 Å². The number of benzene rings is 1. The lowest BCUT2D eigenvalue weighted by molar-refractivity contribution is -0.137. The molecule has 0 spiro atoms. The monoisotopic (exact) mass is 530 g/mol. The van der Waals surface area contributed by atoms with Crippen molar-refractivity contribution in [3.05, 3.63) is 36.2 Å². The second kappa shape index (κ2) is 16.2. The van der Waals surface area contributed by atoms with Crippen LogP contribution < -0.4 is 19.1 Å². The number of piperazine rings is 1. The first-order valence-electron chi connectivity index (χ1n) is 11.4. The first-order chi connectivity index (χ1) is 16.1. The van der Waals surface area contributed by atoms with Gasteiger partial charge < -0.3 is 24.2 Å². The number of ether oxygens (including phenoxy) is 3. The normalized spacial score (nSPS) is 13.4. The van der Waals surface area contributed by atoms with Gasteiger partial charge in [-0.15, -0.1) is 24.8 Å². The molecular formula is C24H36Cl2N4O5. The van der Waals surface area contributed by atoms with Crippen molar-refractivity contribution in [2.45, 2.75) is 38.6 Å². The molecule has 0 saturated carbocycles. The molecule has 0 aliphatic carbocycles. The predicted octanol–water partition coefficient (Wildman–Crippen LogP) is 4.07. The zero-order valence-corrected chi connectivity index (χ0v) is 22.0. The van der Waals surface area contributed by atoms with Crippen LogP contribution in [0.3, 0.4) is 0 Å². The smallest absolute Gasteiger partial charge is 0.303 e. The van der Waals surface area contributed by atoms with Crippen LogP contribution in [0.1, 0.15) is 37.7 Å². The topological polar surface area (TPSA) is 97.2 Å². The van der Waals surface area contributed by atoms with E-state index in [4.69, 9.17) is 19.3 Å². The predicted molar refractivity (Wildman–Crippen MR) is 140 cm³/mol. The maximum absolute atomic E-state index is 10.6. The van der Waals surface area contributed by atoms with Crippen molar-refractivity contribution in [2.24, 2.45) is 0 Å². The summed E-state index contributed by atoms with van der Waals surface area (Å²) < 4.78 is 17.3. The first kappa shape index (κ1) is 30.5. The Balaban J connectivity index is 0.00000306. The van der Waals surface area contributed by atoms with E-state index < -0.39 is 5.97 Å². The van der Waals surface area contributed by atoms with E-state index in [1.54, 1.807) is 26.6 Å². The number of carboxylic acid groups (broad SMARTS) is 1. The fraction of sp³-hybridized carbons (Fsp3) is 0.542. The molecule has 0 bridgehead atoms. The van der Waals surface area contributed by atoms with Crippen LogP contribution in [-0.2, 0) is 11.3 Å². The molecule has 2 heterocycles. The molecule has 196 valence electrons. The lowest BCUT2D eigenvalue weighted by atomic mass is 10.1. The van der Waals surface area contributed by atoms with Crippen molar-refractivity contribution >= 4 is 36.7 Å². The second-order valence-electron chi connectivity index (χ2n) is 8.01. The number of rotatable bonds is 13. The fourth-order valence-electron chi connectivity index (χ4n) is 3.93. The lowest BCUT2D eigenvalue weighted by Gasteiger charge is -2.35. The van der Waals surface area contributed by atoms with Crippen LogP contribution in [0, 0.1) is 0 Å². The lowest BCUT2D eigenvalue weighted by Crippen LogP contribution is -2.46. The Morgan fingerprint density at radius 2 is 1.63 bits per heavy atom. The third-order valence-corrected chi connectivity index (χ3v) is 5.71. The minimum absolute atomic E-state index is 0. The molecule has 9 nitrogen and oxygen atoms in total. The number of hydrogen-bond acceptors (Lipinski definition) is 8. The highest BCUT2D eigenvalue weighted by Crippen LogP contribution is 2.40. The van der Waals surface area contributed by atoms with E-state index in [9.17, 15) is 4.79 Å². The van der Waals surface area contributed by atoms with E-state index in [1.807, 2.05) is 18.2 Å². The number of unbranched alkanes of at least 4 members (excludes halogenated alkanes) is 3. The molecule has 2 aromatic rings. The third-order valence-electron chi connectivity index (χ3n) is 5.71. The van der Waals surface area contributed by atoms with Gasteiger partial charge in [-0.3, -0.25) is 9.69 Å². The zero-order valence-electron chi connectivity index (χ0n) is 20.4. The largest absolute Gasteiger partial charge is 0.493 e. The molecule has 0 unspecified atom stereocenters. The number of halogens is 2. The molecule has 1 saturated heterocycles. The van der Waals surface area contributed by atoms with Gasteiger partial charge in [0.05, 0.1) is 20.8 Å². The Hall–Kier alpha value is -2.49. The van der Waals surface area contributed by atoms with E-state index in [1.165, 1.54) is 0 Å². The summed E-state index contributed by atoms with van der Waals surface area (Å²) in [6.07, 6.45) is 7.13. The van der Waals surface area contributed by atoms with Crippen LogP contribution >= 0.6 is 24.8 Å². The Kier molecular flexibility index (Phi) is 14.2. The molecule has 1 fully saturated rings. The van der Waals surface area contributed by atoms with Gasteiger partial charge in [0.1, 0.15) is 0 Å². The molecule has 35 heavy (non-hydrogen) atoms. The maximum Gasteiger partial charge on any atom is 0.303 e. The quantitative estimate of drug-likeness (QED) is 0.384. The molecule has 3 rings (SSSR count). The van der Waals surface area contributed by atoms with Crippen LogP contribution in [0.25, 0.3) is 0 Å². The molecule has 1 aliphatic heterocycles. The first-order valence-corrected chi connectivity index (χ1v) is 11.4. The summed E-state index contributed by atoms with van der Waals surface area (Å²) in [5, 5.41) is 8.75. The van der Waals surface area contributed by atoms with Gasteiger partial charge in [-0.1, -0.05) is 18.9 Å². The van der Waals surface area contributed by atoms with Gasteiger partial charge >= 0.3 is 5.97 Å². The summed E-state index contributed by atoms with van der Waals surface area (Å²) in [5.41, 5.74) is 1.06. The second-order valence-corrected chi connectivity index (χ2v) is 8.01. The number of hydrogen-bond donors (Lipinski definition) is 1. The van der Waals surface area contributed by atoms with Crippen molar-refractivity contribution in [1.82, 2.24) is 14.9 Å². The summed E-state index contributed by atoms with van der Waals surface area (Å²) in [5.74, 6) is 2.00. The standard InChI is InChI=1S/C24H34N4O5.2ClH/c1-31-20-10-9-19(18-27-13-15-28(16-14-27)24-25-11-7-12-26-24)22(23(20)32-2)33-17-6-4-3-5-8-21(29)30;;/h7,9-12H,3-6,8,13-18H2,1-2H3,(H,29,30);2*1H. The van der Waals surface area contributed by atoms with Crippen molar-refractivity contribution in [1.29, 1.82) is 0 Å². The molecule has 1 aliphatic rings. The van der Waals surface area contributed by atoms with Crippen LogP contribution in [0.2, 0.25) is 0 Å². The average molecular weight is 531 g/mol. The summed E-state index contributed by atoms with van der Waals surface area (Å²) in [6.45, 7) is 4.82. The maximum atomic E-state index is 10.6. The van der Waals surface area contributed by atoms with Crippen molar-refractivity contribution < 1.29 is 24.1 Å². The summed E-state index contributed by atoms with van der Waals surface area (Å²) >= 11 is 0. The van der Waals surface area contributed by atoms with Gasteiger partial charge in [0.2, 0.25) is 11.7 Å². The average Bonchev–Trinajstić information content (AvgIpc) is 2.84. The van der Waals surface area contributed by atoms with Gasteiger partial charge in [-0.2, -0.15) is 0 Å². The van der Waals surface area contributed by atoms with Gasteiger partial charge in [-0.25, -0.2) is 9.97 Å². The highest BCUT2D eigenvalue weighted by atomic mass is 35.5. The van der Waals surface area contributed by atoms with E-state index >= 15 is 0 Å². The number of nitrogens with zero attached hydrogens (tertiary/aromatic N) is 4. The number of anilines is 1. The Morgan fingerprint density at radius 1 is 0.943 bits per heavy atom. The minimum Gasteiger partial charge on any atom is -0.493 e. The summed E-state index contributed by atoms with van der Waals surface area (Å²) in [7, 11) is 3.24. The zero-order chi connectivity index (χ0) is 23.5. The number of carbonyl (C=O) groups is 1. The van der Waals surface area contributed by atoms with Crippen LogP contribution in [0.5, 0.6) is 17.2 Å². The van der Waals surface area contributed by atoms with E-state index in [2.05, 4.69) is 19.8 Å². The molecule has 0 atom stereocenters. The molecule has 0 radical (unpaired) electrons. The number of aromatic nitrogens is 2.